The summed E-state index contributed by atoms with van der Waals surface area (Å²) in [6.45, 7) is 6.22. The molecule has 1 atom stereocenters. The predicted octanol–water partition coefficient (Wildman–Crippen LogP) is 4.04. The Labute approximate surface area is 199 Å². The normalized spacial score (nSPS) is 13.9. The highest BCUT2D eigenvalue weighted by Gasteiger charge is 2.17. The van der Waals surface area contributed by atoms with E-state index in [0.717, 1.165) is 35.3 Å². The smallest absolute Gasteiger partial charge is 0.230 e. The molecule has 33 heavy (non-hydrogen) atoms. The monoisotopic (exact) mass is 465 g/mol. The number of para-hydroxylation sites is 1. The number of aryl methyl sites for hydroxylation is 4. The summed E-state index contributed by atoms with van der Waals surface area (Å²) in [5.41, 5.74) is 6.11. The van der Waals surface area contributed by atoms with Crippen molar-refractivity contribution < 1.29 is 9.53 Å². The molecule has 1 aliphatic carbocycles. The fraction of sp³-hybridized carbons (Fsp3) is 0.400. The molecule has 0 radical (unpaired) electrons. The van der Waals surface area contributed by atoms with Crippen LogP contribution in [0.15, 0.2) is 41.6 Å². The van der Waals surface area contributed by atoms with Gasteiger partial charge in [0.2, 0.25) is 11.1 Å². The van der Waals surface area contributed by atoms with Crippen molar-refractivity contribution in [1.82, 2.24) is 20.2 Å². The van der Waals surface area contributed by atoms with Crippen LogP contribution in [0, 0.1) is 13.8 Å². The lowest BCUT2D eigenvalue weighted by molar-refractivity contribution is -0.119. The van der Waals surface area contributed by atoms with Crippen molar-refractivity contribution in [2.75, 3.05) is 11.6 Å². The number of hydrogen-bond donors (Lipinski definition) is 2. The van der Waals surface area contributed by atoms with Gasteiger partial charge in [0.05, 0.1) is 11.8 Å². The van der Waals surface area contributed by atoms with Crippen LogP contribution in [0.25, 0.3) is 0 Å². The molecular weight excluding hydrogens is 434 g/mol. The van der Waals surface area contributed by atoms with Gasteiger partial charge < -0.3 is 15.9 Å². The lowest BCUT2D eigenvalue weighted by Gasteiger charge is -2.20. The van der Waals surface area contributed by atoms with E-state index in [1.54, 1.807) is 0 Å². The van der Waals surface area contributed by atoms with E-state index in [-0.39, 0.29) is 24.3 Å². The Balaban J connectivity index is 1.30. The lowest BCUT2D eigenvalue weighted by Crippen LogP contribution is -2.28. The van der Waals surface area contributed by atoms with Crippen molar-refractivity contribution in [3.8, 4) is 5.75 Å². The van der Waals surface area contributed by atoms with Gasteiger partial charge in [-0.1, -0.05) is 48.2 Å². The highest BCUT2D eigenvalue weighted by Crippen LogP contribution is 2.26. The molecule has 1 heterocycles. The first-order valence-corrected chi connectivity index (χ1v) is 12.3. The zero-order chi connectivity index (χ0) is 23.4. The molecule has 0 fully saturated rings. The molecule has 3 aromatic rings. The molecule has 0 saturated carbocycles. The molecule has 1 aliphatic rings. The van der Waals surface area contributed by atoms with E-state index >= 15 is 0 Å². The van der Waals surface area contributed by atoms with Gasteiger partial charge in [0.15, 0.2) is 5.82 Å². The number of thioether (sulfide) groups is 1. The number of amides is 1. The van der Waals surface area contributed by atoms with Gasteiger partial charge in [-0.05, 0) is 74.3 Å². The van der Waals surface area contributed by atoms with Crippen LogP contribution in [0.5, 0.6) is 5.75 Å². The van der Waals surface area contributed by atoms with Crippen LogP contribution in [-0.4, -0.2) is 26.5 Å². The Hall–Kier alpha value is -3.00. The molecule has 0 aliphatic heterocycles. The number of nitrogens with two attached hydrogens (primary N) is 1. The summed E-state index contributed by atoms with van der Waals surface area (Å²) in [5, 5.41) is 11.8. The van der Waals surface area contributed by atoms with E-state index in [1.807, 2.05) is 39.0 Å². The minimum Gasteiger partial charge on any atom is -0.485 e. The number of rotatable bonds is 8. The summed E-state index contributed by atoms with van der Waals surface area (Å²) >= 11 is 1.26. The average molecular weight is 466 g/mol. The van der Waals surface area contributed by atoms with Gasteiger partial charge in [0.1, 0.15) is 12.4 Å². The van der Waals surface area contributed by atoms with Gasteiger partial charge in [-0.15, -0.1) is 10.2 Å². The Morgan fingerprint density at radius 1 is 1.15 bits per heavy atom. The predicted molar refractivity (Wildman–Crippen MR) is 131 cm³/mol. The summed E-state index contributed by atoms with van der Waals surface area (Å²) in [6.07, 6.45) is 4.79. The molecule has 7 nitrogen and oxygen atoms in total. The van der Waals surface area contributed by atoms with Gasteiger partial charge >= 0.3 is 0 Å². The maximum atomic E-state index is 12.5. The van der Waals surface area contributed by atoms with Crippen LogP contribution in [0.3, 0.4) is 0 Å². The van der Waals surface area contributed by atoms with Crippen LogP contribution in [-0.2, 0) is 24.2 Å². The molecule has 1 aromatic heterocycles. The third kappa shape index (κ3) is 5.50. The Morgan fingerprint density at radius 3 is 2.64 bits per heavy atom. The van der Waals surface area contributed by atoms with E-state index in [1.165, 1.54) is 40.4 Å². The zero-order valence-electron chi connectivity index (χ0n) is 19.4. The van der Waals surface area contributed by atoms with Gasteiger partial charge in [-0.25, -0.2) is 4.68 Å². The van der Waals surface area contributed by atoms with Gasteiger partial charge in [0, 0.05) is 0 Å². The minimum absolute atomic E-state index is 0.0533. The third-order valence-electron chi connectivity index (χ3n) is 6.07. The number of nitrogens with zero attached hydrogens (tertiary/aromatic N) is 3. The van der Waals surface area contributed by atoms with Crippen LogP contribution >= 0.6 is 11.8 Å². The fourth-order valence-electron chi connectivity index (χ4n) is 4.19. The SMILES string of the molecule is Cc1cccc(C)c1OCc1nnc(SCC(=O)NC(C)c2ccc3c(c2)CCCC3)n1N. The average Bonchev–Trinajstić information content (AvgIpc) is 3.16. The summed E-state index contributed by atoms with van der Waals surface area (Å²) in [4.78, 5) is 12.5. The van der Waals surface area contributed by atoms with Crippen molar-refractivity contribution in [2.24, 2.45) is 0 Å². The Bertz CT molecular complexity index is 1120. The standard InChI is InChI=1S/C25H31N5O2S/c1-16-7-6-8-17(2)24(16)32-14-22-28-29-25(30(22)26)33-15-23(31)27-18(3)20-12-11-19-9-4-5-10-21(19)13-20/h6-8,11-13,18H,4-5,9-10,14-15,26H2,1-3H3,(H,27,31). The highest BCUT2D eigenvalue weighted by molar-refractivity contribution is 7.99. The second kappa shape index (κ2) is 10.3. The van der Waals surface area contributed by atoms with Crippen molar-refractivity contribution in [3.05, 3.63) is 70.0 Å². The minimum atomic E-state index is -0.0680. The summed E-state index contributed by atoms with van der Waals surface area (Å²) in [5.74, 6) is 7.62. The highest BCUT2D eigenvalue weighted by atomic mass is 32.2. The number of nitrogen functional groups attached to an aromatic ring is 1. The number of carbonyl (C=O) groups is 1. The Kier molecular flexibility index (Phi) is 7.23. The number of fused-ring (bicyclic) bond motifs is 1. The van der Waals surface area contributed by atoms with E-state index in [2.05, 4.69) is 33.7 Å². The second-order valence-electron chi connectivity index (χ2n) is 8.59. The number of carbonyl (C=O) groups excluding carboxylic acids is 1. The number of nitrogens with one attached hydrogen (secondary N) is 1. The van der Waals surface area contributed by atoms with E-state index in [9.17, 15) is 4.79 Å². The van der Waals surface area contributed by atoms with Gasteiger partial charge in [-0.3, -0.25) is 4.79 Å². The molecule has 0 saturated heterocycles. The number of aromatic nitrogens is 3. The van der Waals surface area contributed by atoms with E-state index in [0.29, 0.717) is 11.0 Å². The van der Waals surface area contributed by atoms with E-state index < -0.39 is 0 Å². The van der Waals surface area contributed by atoms with Crippen molar-refractivity contribution in [3.63, 3.8) is 0 Å². The van der Waals surface area contributed by atoms with Crippen LogP contribution in [0.1, 0.15) is 59.4 Å². The molecule has 4 rings (SSSR count). The first-order chi connectivity index (χ1) is 15.9. The first kappa shape index (κ1) is 23.2. The van der Waals surface area contributed by atoms with Gasteiger partial charge in [-0.2, -0.15) is 0 Å². The van der Waals surface area contributed by atoms with E-state index in [4.69, 9.17) is 10.6 Å². The molecule has 174 valence electrons. The summed E-state index contributed by atoms with van der Waals surface area (Å²) < 4.78 is 7.31. The lowest BCUT2D eigenvalue weighted by atomic mass is 9.89. The zero-order valence-corrected chi connectivity index (χ0v) is 20.2. The maximum absolute atomic E-state index is 12.5. The molecule has 2 aromatic carbocycles. The molecule has 1 unspecified atom stereocenters. The van der Waals surface area contributed by atoms with Crippen molar-refractivity contribution >= 4 is 17.7 Å². The number of benzene rings is 2. The molecule has 8 heteroatoms. The quantitative estimate of drug-likeness (QED) is 0.385. The summed E-state index contributed by atoms with van der Waals surface area (Å²) in [7, 11) is 0. The maximum Gasteiger partial charge on any atom is 0.230 e. The third-order valence-corrected chi connectivity index (χ3v) is 7.01. The van der Waals surface area contributed by atoms with Crippen LogP contribution in [0.2, 0.25) is 0 Å². The molecule has 1 amide bonds. The second-order valence-corrected chi connectivity index (χ2v) is 9.53. The van der Waals surface area contributed by atoms with Crippen molar-refractivity contribution in [2.45, 2.75) is 64.3 Å². The van der Waals surface area contributed by atoms with Crippen LogP contribution < -0.4 is 15.9 Å². The van der Waals surface area contributed by atoms with Crippen molar-refractivity contribution in [1.29, 1.82) is 0 Å². The fourth-order valence-corrected chi connectivity index (χ4v) is 4.87. The largest absolute Gasteiger partial charge is 0.485 e. The Morgan fingerprint density at radius 2 is 1.88 bits per heavy atom. The van der Waals surface area contributed by atoms with Crippen LogP contribution in [0.4, 0.5) is 0 Å². The number of ether oxygens (including phenoxy) is 1. The molecule has 0 spiro atoms. The summed E-state index contributed by atoms with van der Waals surface area (Å²) in [6, 6.07) is 12.5. The molecule has 3 N–H and O–H groups in total. The molecular formula is C25H31N5O2S. The topological polar surface area (TPSA) is 95.1 Å². The van der Waals surface area contributed by atoms with Gasteiger partial charge in [0.25, 0.3) is 0 Å². The first-order valence-electron chi connectivity index (χ1n) is 11.3. The number of hydrogen-bond acceptors (Lipinski definition) is 6. The molecule has 0 bridgehead atoms.